The van der Waals surface area contributed by atoms with E-state index in [1.54, 1.807) is 4.90 Å². The number of terminal acetylenes is 1. The third-order valence-corrected chi connectivity index (χ3v) is 4.02. The lowest BCUT2D eigenvalue weighted by Crippen LogP contribution is -2.37. The molecule has 5 nitrogen and oxygen atoms in total. The summed E-state index contributed by atoms with van der Waals surface area (Å²) in [4.78, 5) is 26.0. The van der Waals surface area contributed by atoms with Crippen molar-refractivity contribution in [3.8, 4) is 12.3 Å². The first kappa shape index (κ1) is 15.2. The van der Waals surface area contributed by atoms with Gasteiger partial charge in [0.2, 0.25) is 5.91 Å². The number of hydrogen-bond acceptors (Lipinski definition) is 3. The molecule has 1 aromatic heterocycles. The fourth-order valence-electron chi connectivity index (χ4n) is 2.78. The number of rotatable bonds is 5. The van der Waals surface area contributed by atoms with Crippen molar-refractivity contribution in [2.75, 3.05) is 20.2 Å². The molecule has 1 unspecified atom stereocenters. The normalized spacial score (nSPS) is 21.0. The van der Waals surface area contributed by atoms with E-state index in [1.165, 1.54) is 7.11 Å². The van der Waals surface area contributed by atoms with Gasteiger partial charge in [-0.25, -0.2) is 0 Å². The molecule has 0 N–H and O–H groups in total. The van der Waals surface area contributed by atoms with E-state index >= 15 is 0 Å². The van der Waals surface area contributed by atoms with Crippen LogP contribution in [0.1, 0.15) is 19.3 Å². The fourth-order valence-corrected chi connectivity index (χ4v) is 2.78. The maximum Gasteiger partial charge on any atom is 0.314 e. The number of aromatic nitrogens is 1. The van der Waals surface area contributed by atoms with Crippen LogP contribution in [0.15, 0.2) is 24.5 Å². The van der Waals surface area contributed by atoms with Crippen LogP contribution in [0.3, 0.4) is 0 Å². The number of hydrogen-bond donors (Lipinski definition) is 0. The molecule has 21 heavy (non-hydrogen) atoms. The topological polar surface area (TPSA) is 51.5 Å². The maximum atomic E-state index is 12.3. The highest BCUT2D eigenvalue weighted by Gasteiger charge is 2.46. The third kappa shape index (κ3) is 3.27. The predicted molar refractivity (Wildman–Crippen MR) is 78.1 cm³/mol. The van der Waals surface area contributed by atoms with E-state index in [0.717, 1.165) is 0 Å². The molecule has 0 aliphatic carbocycles. The van der Waals surface area contributed by atoms with E-state index < -0.39 is 5.41 Å². The molecule has 0 bridgehead atoms. The molecule has 1 aliphatic rings. The summed E-state index contributed by atoms with van der Waals surface area (Å²) >= 11 is 0. The Kier molecular flexibility index (Phi) is 4.69. The van der Waals surface area contributed by atoms with Crippen LogP contribution < -0.4 is 0 Å². The highest BCUT2D eigenvalue weighted by molar-refractivity contribution is 5.81. The highest BCUT2D eigenvalue weighted by Crippen LogP contribution is 2.35. The standard InChI is InChI=1S/C16H20N2O3/c1-3-7-16(15(20)21-2)8-12-18(13-16)14(19)6-11-17-9-4-5-10-17/h1,4-5,9-10H,6-8,11-13H2,2H3. The lowest BCUT2D eigenvalue weighted by Gasteiger charge is -2.24. The summed E-state index contributed by atoms with van der Waals surface area (Å²) in [5.41, 5.74) is -0.730. The van der Waals surface area contributed by atoms with Crippen LogP contribution in [0.2, 0.25) is 0 Å². The van der Waals surface area contributed by atoms with Gasteiger partial charge in [-0.05, 0) is 18.6 Å². The monoisotopic (exact) mass is 288 g/mol. The average molecular weight is 288 g/mol. The number of amides is 1. The second-order valence-electron chi connectivity index (χ2n) is 5.39. The van der Waals surface area contributed by atoms with Gasteiger partial charge in [0.1, 0.15) is 0 Å². The molecule has 1 fully saturated rings. The summed E-state index contributed by atoms with van der Waals surface area (Å²) in [7, 11) is 1.36. The smallest absolute Gasteiger partial charge is 0.314 e. The van der Waals surface area contributed by atoms with Gasteiger partial charge >= 0.3 is 5.97 Å². The second kappa shape index (κ2) is 6.49. The van der Waals surface area contributed by atoms with Crippen LogP contribution in [-0.4, -0.2) is 41.5 Å². The molecule has 0 radical (unpaired) electrons. The lowest BCUT2D eigenvalue weighted by molar-refractivity contribution is -0.152. The number of aryl methyl sites for hydroxylation is 1. The number of esters is 1. The summed E-state index contributed by atoms with van der Waals surface area (Å²) in [5, 5.41) is 0. The van der Waals surface area contributed by atoms with Gasteiger partial charge in [0.05, 0.1) is 12.5 Å². The van der Waals surface area contributed by atoms with Crippen molar-refractivity contribution >= 4 is 11.9 Å². The number of carbonyl (C=O) groups is 2. The van der Waals surface area contributed by atoms with E-state index in [2.05, 4.69) is 5.92 Å². The van der Waals surface area contributed by atoms with Gasteiger partial charge in [-0.15, -0.1) is 12.3 Å². The van der Waals surface area contributed by atoms with Crippen molar-refractivity contribution in [2.45, 2.75) is 25.8 Å². The van der Waals surface area contributed by atoms with Crippen molar-refractivity contribution in [1.29, 1.82) is 0 Å². The zero-order chi connectivity index (χ0) is 15.3. The molecule has 0 saturated carbocycles. The summed E-state index contributed by atoms with van der Waals surface area (Å²) in [6.07, 6.45) is 10.5. The molecular weight excluding hydrogens is 268 g/mol. The Balaban J connectivity index is 1.95. The van der Waals surface area contributed by atoms with E-state index in [-0.39, 0.29) is 11.9 Å². The Morgan fingerprint density at radius 2 is 2.10 bits per heavy atom. The molecular formula is C16H20N2O3. The molecule has 1 aromatic rings. The average Bonchev–Trinajstić information content (AvgIpc) is 3.14. The number of ether oxygens (including phenoxy) is 1. The number of likely N-dealkylation sites (tertiary alicyclic amines) is 1. The molecule has 5 heteroatoms. The highest BCUT2D eigenvalue weighted by atomic mass is 16.5. The molecule has 1 saturated heterocycles. The van der Waals surface area contributed by atoms with Crippen LogP contribution in [0.5, 0.6) is 0 Å². The van der Waals surface area contributed by atoms with Gasteiger partial charge in [-0.2, -0.15) is 0 Å². The first-order valence-corrected chi connectivity index (χ1v) is 7.02. The summed E-state index contributed by atoms with van der Waals surface area (Å²) in [6, 6.07) is 3.85. The Hall–Kier alpha value is -2.22. The number of methoxy groups -OCH3 is 1. The van der Waals surface area contributed by atoms with Gasteiger partial charge in [-0.3, -0.25) is 9.59 Å². The predicted octanol–water partition coefficient (Wildman–Crippen LogP) is 1.29. The van der Waals surface area contributed by atoms with Crippen molar-refractivity contribution < 1.29 is 14.3 Å². The zero-order valence-electron chi connectivity index (χ0n) is 12.2. The summed E-state index contributed by atoms with van der Waals surface area (Å²) < 4.78 is 6.82. The number of nitrogens with zero attached hydrogens (tertiary/aromatic N) is 2. The van der Waals surface area contributed by atoms with Gasteiger partial charge in [0.15, 0.2) is 0 Å². The molecule has 1 atom stereocenters. The minimum absolute atomic E-state index is 0.0477. The van der Waals surface area contributed by atoms with Crippen molar-refractivity contribution in [3.63, 3.8) is 0 Å². The third-order valence-electron chi connectivity index (χ3n) is 4.02. The Bertz CT molecular complexity index is 544. The first-order chi connectivity index (χ1) is 10.1. The first-order valence-electron chi connectivity index (χ1n) is 7.02. The Morgan fingerprint density at radius 3 is 2.71 bits per heavy atom. The van der Waals surface area contributed by atoms with Crippen molar-refractivity contribution in [1.82, 2.24) is 9.47 Å². The van der Waals surface area contributed by atoms with E-state index in [4.69, 9.17) is 11.2 Å². The lowest BCUT2D eigenvalue weighted by atomic mass is 9.84. The number of carbonyl (C=O) groups excluding carboxylic acids is 2. The van der Waals surface area contributed by atoms with Crippen molar-refractivity contribution in [2.24, 2.45) is 5.41 Å². The molecule has 2 rings (SSSR count). The Morgan fingerprint density at radius 1 is 1.38 bits per heavy atom. The SMILES string of the molecule is C#CCC1(C(=O)OC)CCN(C(=O)CCn2cccc2)C1. The molecule has 1 aliphatic heterocycles. The quantitative estimate of drug-likeness (QED) is 0.606. The molecule has 2 heterocycles. The minimum atomic E-state index is -0.730. The van der Waals surface area contributed by atoms with E-state index in [9.17, 15) is 9.59 Å². The molecule has 0 spiro atoms. The molecule has 0 aromatic carbocycles. The van der Waals surface area contributed by atoms with Gasteiger partial charge in [0.25, 0.3) is 0 Å². The van der Waals surface area contributed by atoms with Crippen LogP contribution in [0, 0.1) is 17.8 Å². The largest absolute Gasteiger partial charge is 0.469 e. The van der Waals surface area contributed by atoms with Crippen LogP contribution >= 0.6 is 0 Å². The zero-order valence-corrected chi connectivity index (χ0v) is 12.2. The summed E-state index contributed by atoms with van der Waals surface area (Å²) in [5.74, 6) is 2.27. The van der Waals surface area contributed by atoms with E-state index in [0.29, 0.717) is 38.9 Å². The molecule has 112 valence electrons. The fraction of sp³-hybridized carbons (Fsp3) is 0.500. The van der Waals surface area contributed by atoms with E-state index in [1.807, 2.05) is 29.1 Å². The molecule has 1 amide bonds. The van der Waals surface area contributed by atoms with Crippen LogP contribution in [-0.2, 0) is 20.9 Å². The van der Waals surface area contributed by atoms with Crippen LogP contribution in [0.4, 0.5) is 0 Å². The maximum absolute atomic E-state index is 12.3. The van der Waals surface area contributed by atoms with Crippen LogP contribution in [0.25, 0.3) is 0 Å². The Labute approximate surface area is 124 Å². The van der Waals surface area contributed by atoms with Gasteiger partial charge < -0.3 is 14.2 Å². The van der Waals surface area contributed by atoms with Gasteiger partial charge in [-0.1, -0.05) is 0 Å². The summed E-state index contributed by atoms with van der Waals surface area (Å²) in [6.45, 7) is 1.55. The minimum Gasteiger partial charge on any atom is -0.469 e. The second-order valence-corrected chi connectivity index (χ2v) is 5.39. The van der Waals surface area contributed by atoms with Crippen molar-refractivity contribution in [3.05, 3.63) is 24.5 Å². The van der Waals surface area contributed by atoms with Gasteiger partial charge in [0, 0.05) is 44.9 Å².